The summed E-state index contributed by atoms with van der Waals surface area (Å²) in [7, 11) is 1.74. The molecule has 4 heteroatoms. The van der Waals surface area contributed by atoms with Gasteiger partial charge in [0, 0.05) is 36.2 Å². The van der Waals surface area contributed by atoms with Crippen molar-refractivity contribution in [3.8, 4) is 22.6 Å². The number of hydrogen-bond acceptors (Lipinski definition) is 3. The third kappa shape index (κ3) is 4.24. The average molecular weight is 438 g/mol. The van der Waals surface area contributed by atoms with Crippen molar-refractivity contribution in [3.05, 3.63) is 106 Å². The number of nitrogens with zero attached hydrogens (tertiary/aromatic N) is 1. The van der Waals surface area contributed by atoms with Gasteiger partial charge >= 0.3 is 0 Å². The van der Waals surface area contributed by atoms with Crippen molar-refractivity contribution in [1.29, 1.82) is 0 Å². The van der Waals surface area contributed by atoms with Gasteiger partial charge in [-0.15, -0.1) is 0 Å². The minimum Gasteiger partial charge on any atom is -0.456 e. The van der Waals surface area contributed by atoms with E-state index in [1.54, 1.807) is 11.6 Å². The minimum absolute atomic E-state index is 0.0679. The van der Waals surface area contributed by atoms with Crippen molar-refractivity contribution in [2.24, 2.45) is 7.05 Å². The van der Waals surface area contributed by atoms with Crippen LogP contribution in [0.2, 0.25) is 0 Å². The monoisotopic (exact) mass is 437 g/mol. The number of rotatable bonds is 6. The lowest BCUT2D eigenvalue weighted by molar-refractivity contribution is -0.114. The zero-order valence-corrected chi connectivity index (χ0v) is 19.4. The zero-order chi connectivity index (χ0) is 23.7. The number of aryl methyl sites for hydroxylation is 4. The molecule has 0 amide bonds. The highest BCUT2D eigenvalue weighted by molar-refractivity contribution is 6.00. The van der Waals surface area contributed by atoms with Crippen molar-refractivity contribution in [2.75, 3.05) is 0 Å². The molecule has 1 aromatic heterocycles. The van der Waals surface area contributed by atoms with E-state index in [1.807, 2.05) is 62.5 Å². The van der Waals surface area contributed by atoms with Crippen molar-refractivity contribution in [1.82, 2.24) is 4.57 Å². The predicted octanol–water partition coefficient (Wildman–Crippen LogP) is 6.22. The van der Waals surface area contributed by atoms with Crippen molar-refractivity contribution in [3.63, 3.8) is 0 Å². The molecular formula is C29H27NO3. The lowest BCUT2D eigenvalue weighted by Crippen LogP contribution is -2.17. The Hall–Kier alpha value is -3.92. The molecule has 0 fully saturated rings. The van der Waals surface area contributed by atoms with Gasteiger partial charge in [0.2, 0.25) is 0 Å². The molecule has 0 radical (unpaired) electrons. The maximum atomic E-state index is 12.8. The first-order valence-electron chi connectivity index (χ1n) is 10.9. The van der Waals surface area contributed by atoms with Gasteiger partial charge in [-0.1, -0.05) is 54.6 Å². The summed E-state index contributed by atoms with van der Waals surface area (Å²) in [6.07, 6.45) is 3.35. The number of benzene rings is 3. The number of pyridine rings is 1. The molecule has 0 bridgehead atoms. The van der Waals surface area contributed by atoms with Gasteiger partial charge in [0.05, 0.1) is 0 Å². The quantitative estimate of drug-likeness (QED) is 0.336. The van der Waals surface area contributed by atoms with Gasteiger partial charge in [0.1, 0.15) is 11.5 Å². The van der Waals surface area contributed by atoms with Gasteiger partial charge in [0.15, 0.2) is 5.78 Å². The molecule has 0 aliphatic carbocycles. The van der Waals surface area contributed by atoms with E-state index in [9.17, 15) is 9.59 Å². The summed E-state index contributed by atoms with van der Waals surface area (Å²) in [6, 6.07) is 17.5. The Kier molecular flexibility index (Phi) is 6.01. The first-order chi connectivity index (χ1) is 15.8. The molecular weight excluding hydrogens is 410 g/mol. The lowest BCUT2D eigenvalue weighted by atomic mass is 9.93. The summed E-state index contributed by atoms with van der Waals surface area (Å²) in [4.78, 5) is 25.1. The smallest absolute Gasteiger partial charge is 0.258 e. The van der Waals surface area contributed by atoms with Crippen LogP contribution in [0, 0.1) is 20.8 Å². The van der Waals surface area contributed by atoms with Crippen LogP contribution in [-0.2, 0) is 18.3 Å². The van der Waals surface area contributed by atoms with Gasteiger partial charge in [-0.25, -0.2) is 0 Å². The zero-order valence-electron chi connectivity index (χ0n) is 19.4. The third-order valence-electron chi connectivity index (χ3n) is 5.88. The van der Waals surface area contributed by atoms with Crippen LogP contribution in [0.15, 0.2) is 78.2 Å². The number of ether oxygens (including phenoxy) is 1. The Labute approximate surface area is 193 Å². The van der Waals surface area contributed by atoms with Gasteiger partial charge in [-0.3, -0.25) is 9.59 Å². The van der Waals surface area contributed by atoms with Gasteiger partial charge in [-0.2, -0.15) is 0 Å². The number of hydrogen-bond donors (Lipinski definition) is 0. The highest BCUT2D eigenvalue weighted by Crippen LogP contribution is 2.41. The van der Waals surface area contributed by atoms with E-state index in [4.69, 9.17) is 4.74 Å². The molecule has 0 aliphatic rings. The fourth-order valence-electron chi connectivity index (χ4n) is 4.43. The van der Waals surface area contributed by atoms with Crippen LogP contribution < -0.4 is 10.3 Å². The van der Waals surface area contributed by atoms with E-state index < -0.39 is 0 Å². The fourth-order valence-corrected chi connectivity index (χ4v) is 4.43. The van der Waals surface area contributed by atoms with Crippen molar-refractivity contribution >= 4 is 16.6 Å². The van der Waals surface area contributed by atoms with Crippen LogP contribution in [0.3, 0.4) is 0 Å². The standard InChI is InChI=1S/C29H27NO3/c1-6-22(31)16-21-10-9-13-26(33-28-19(3)14-18(2)15-20(28)4)27(21)25-17-30(5)29(32)24-12-8-7-11-23(24)25/h6-15,17H,1,16H2,2-5H3. The van der Waals surface area contributed by atoms with Crippen LogP contribution >= 0.6 is 0 Å². The van der Waals surface area contributed by atoms with E-state index in [0.29, 0.717) is 11.1 Å². The molecule has 4 rings (SSSR count). The first-order valence-corrected chi connectivity index (χ1v) is 10.9. The van der Waals surface area contributed by atoms with Crippen LogP contribution in [0.5, 0.6) is 11.5 Å². The summed E-state index contributed by atoms with van der Waals surface area (Å²) in [5.74, 6) is 1.36. The molecule has 0 N–H and O–H groups in total. The summed E-state index contributed by atoms with van der Waals surface area (Å²) >= 11 is 0. The van der Waals surface area contributed by atoms with Crippen molar-refractivity contribution in [2.45, 2.75) is 27.2 Å². The molecule has 0 unspecified atom stereocenters. The molecule has 0 saturated carbocycles. The second-order valence-electron chi connectivity index (χ2n) is 8.47. The average Bonchev–Trinajstić information content (AvgIpc) is 2.79. The molecule has 3 aromatic carbocycles. The van der Waals surface area contributed by atoms with E-state index in [2.05, 4.69) is 25.6 Å². The normalized spacial score (nSPS) is 10.9. The molecule has 0 saturated heterocycles. The minimum atomic E-state index is -0.0785. The maximum absolute atomic E-state index is 12.8. The van der Waals surface area contributed by atoms with Gasteiger partial charge in [-0.05, 0) is 61.1 Å². The first kappa shape index (κ1) is 22.3. The number of fused-ring (bicyclic) bond motifs is 1. The maximum Gasteiger partial charge on any atom is 0.258 e. The molecule has 0 aliphatic heterocycles. The Balaban J connectivity index is 2.02. The second kappa shape index (κ2) is 8.91. The van der Waals surface area contributed by atoms with Gasteiger partial charge < -0.3 is 9.30 Å². The fraction of sp³-hybridized carbons (Fsp3) is 0.172. The van der Waals surface area contributed by atoms with Gasteiger partial charge in [0.25, 0.3) is 5.56 Å². The van der Waals surface area contributed by atoms with Crippen LogP contribution in [-0.4, -0.2) is 10.4 Å². The molecule has 166 valence electrons. The highest BCUT2D eigenvalue weighted by atomic mass is 16.5. The number of ketones is 1. The number of aromatic nitrogens is 1. The second-order valence-corrected chi connectivity index (χ2v) is 8.47. The molecule has 1 heterocycles. The Morgan fingerprint density at radius 2 is 1.67 bits per heavy atom. The topological polar surface area (TPSA) is 48.3 Å². The molecule has 0 atom stereocenters. The number of carbonyl (C=O) groups is 1. The van der Waals surface area contributed by atoms with E-state index in [1.165, 1.54) is 11.6 Å². The number of carbonyl (C=O) groups excluding carboxylic acids is 1. The molecule has 0 spiro atoms. The Bertz CT molecular complexity index is 1440. The highest BCUT2D eigenvalue weighted by Gasteiger charge is 2.19. The van der Waals surface area contributed by atoms with Crippen molar-refractivity contribution < 1.29 is 9.53 Å². The summed E-state index contributed by atoms with van der Waals surface area (Å²) in [6.45, 7) is 9.75. The predicted molar refractivity (Wildman–Crippen MR) is 134 cm³/mol. The van der Waals surface area contributed by atoms with E-state index in [-0.39, 0.29) is 17.8 Å². The summed E-state index contributed by atoms with van der Waals surface area (Å²) in [5.41, 5.74) is 5.65. The van der Waals surface area contributed by atoms with Crippen LogP contribution in [0.4, 0.5) is 0 Å². The Morgan fingerprint density at radius 3 is 2.33 bits per heavy atom. The SMILES string of the molecule is C=CC(=O)Cc1cccc(Oc2c(C)cc(C)cc2C)c1-c1cn(C)c(=O)c2ccccc12. The third-order valence-corrected chi connectivity index (χ3v) is 5.88. The number of allylic oxidation sites excluding steroid dienone is 1. The lowest BCUT2D eigenvalue weighted by Gasteiger charge is -2.20. The largest absolute Gasteiger partial charge is 0.456 e. The summed E-state index contributed by atoms with van der Waals surface area (Å²) in [5, 5.41) is 1.44. The Morgan fingerprint density at radius 1 is 1.00 bits per heavy atom. The van der Waals surface area contributed by atoms with Crippen LogP contribution in [0.25, 0.3) is 21.9 Å². The van der Waals surface area contributed by atoms with E-state index in [0.717, 1.165) is 39.0 Å². The van der Waals surface area contributed by atoms with Crippen LogP contribution in [0.1, 0.15) is 22.3 Å². The molecule has 4 nitrogen and oxygen atoms in total. The van der Waals surface area contributed by atoms with E-state index >= 15 is 0 Å². The summed E-state index contributed by atoms with van der Waals surface area (Å²) < 4.78 is 8.11. The molecule has 33 heavy (non-hydrogen) atoms. The molecule has 4 aromatic rings.